The van der Waals surface area contributed by atoms with Crippen molar-refractivity contribution in [3.63, 3.8) is 0 Å². The maximum Gasteiger partial charge on any atom is 0.228 e. The van der Waals surface area contributed by atoms with Gasteiger partial charge in [-0.15, -0.1) is 0 Å². The van der Waals surface area contributed by atoms with Crippen LogP contribution in [0, 0.1) is 0 Å². The number of likely N-dealkylation sites (tertiary alicyclic amines) is 1. The Hall–Kier alpha value is -1.92. The van der Waals surface area contributed by atoms with E-state index in [4.69, 9.17) is 4.52 Å². The minimum Gasteiger partial charge on any atom is -0.353 e. The first-order valence-electron chi connectivity index (χ1n) is 8.59. The predicted octanol–water partition coefficient (Wildman–Crippen LogP) is 1.23. The van der Waals surface area contributed by atoms with Gasteiger partial charge in [0, 0.05) is 32.0 Å². The second kappa shape index (κ2) is 7.57. The first kappa shape index (κ1) is 16.0. The summed E-state index contributed by atoms with van der Waals surface area (Å²) >= 11 is 0. The zero-order valence-corrected chi connectivity index (χ0v) is 13.4. The van der Waals surface area contributed by atoms with Crippen LogP contribution in [0.4, 0.5) is 0 Å². The van der Waals surface area contributed by atoms with Crippen molar-refractivity contribution in [3.8, 4) is 0 Å². The summed E-state index contributed by atoms with van der Waals surface area (Å²) < 4.78 is 5.17. The van der Waals surface area contributed by atoms with E-state index in [9.17, 15) is 9.59 Å². The molecule has 2 fully saturated rings. The minimum atomic E-state index is -0.0426. The van der Waals surface area contributed by atoms with E-state index in [-0.39, 0.29) is 18.2 Å². The number of hydrogen-bond acceptors (Lipinski definition) is 5. The number of hydrogen-bond donors (Lipinski definition) is 1. The molecule has 2 amide bonds. The zero-order valence-electron chi connectivity index (χ0n) is 13.4. The van der Waals surface area contributed by atoms with Gasteiger partial charge >= 0.3 is 0 Å². The number of nitrogens with zero attached hydrogens (tertiary/aromatic N) is 3. The van der Waals surface area contributed by atoms with Gasteiger partial charge in [-0.25, -0.2) is 0 Å². The van der Waals surface area contributed by atoms with Crippen LogP contribution in [0.1, 0.15) is 56.7 Å². The van der Waals surface area contributed by atoms with Crippen molar-refractivity contribution in [2.45, 2.75) is 63.8 Å². The molecule has 1 saturated carbocycles. The largest absolute Gasteiger partial charge is 0.353 e. The monoisotopic (exact) mass is 320 g/mol. The Bertz CT molecular complexity index is 551. The molecule has 0 spiro atoms. The van der Waals surface area contributed by atoms with E-state index in [1.807, 2.05) is 4.90 Å². The molecule has 1 saturated heterocycles. The van der Waals surface area contributed by atoms with E-state index >= 15 is 0 Å². The lowest BCUT2D eigenvalue weighted by Crippen LogP contribution is -2.37. The first-order valence-corrected chi connectivity index (χ1v) is 8.59. The molecule has 1 aromatic heterocycles. The van der Waals surface area contributed by atoms with Crippen LogP contribution in [-0.4, -0.2) is 46.0 Å². The topological polar surface area (TPSA) is 88.3 Å². The number of carbonyl (C=O) groups is 2. The van der Waals surface area contributed by atoms with E-state index < -0.39 is 0 Å². The lowest BCUT2D eigenvalue weighted by molar-refractivity contribution is -0.127. The average molecular weight is 320 g/mol. The zero-order chi connectivity index (χ0) is 16.1. The Labute approximate surface area is 135 Å². The highest BCUT2D eigenvalue weighted by atomic mass is 16.5. The van der Waals surface area contributed by atoms with Crippen molar-refractivity contribution in [1.82, 2.24) is 20.4 Å². The van der Waals surface area contributed by atoms with Crippen LogP contribution in [0.5, 0.6) is 0 Å². The molecular formula is C16H24N4O3. The fraction of sp³-hybridized carbons (Fsp3) is 0.750. The SMILES string of the molecule is O=C(Cc1noc(CCN2CCCC2=O)n1)NC1CCCCC1. The van der Waals surface area contributed by atoms with Gasteiger partial charge in [-0.2, -0.15) is 4.98 Å². The molecule has 23 heavy (non-hydrogen) atoms. The summed E-state index contributed by atoms with van der Waals surface area (Å²) in [6.07, 6.45) is 8.02. The summed E-state index contributed by atoms with van der Waals surface area (Å²) in [5, 5.41) is 6.91. The Morgan fingerprint density at radius 1 is 1.26 bits per heavy atom. The highest BCUT2D eigenvalue weighted by Gasteiger charge is 2.21. The fourth-order valence-corrected chi connectivity index (χ4v) is 3.30. The van der Waals surface area contributed by atoms with Crippen molar-refractivity contribution in [3.05, 3.63) is 11.7 Å². The molecule has 0 aromatic carbocycles. The lowest BCUT2D eigenvalue weighted by atomic mass is 9.95. The normalized spacial score (nSPS) is 19.3. The van der Waals surface area contributed by atoms with Gasteiger partial charge in [-0.3, -0.25) is 9.59 Å². The van der Waals surface area contributed by atoms with Crippen LogP contribution >= 0.6 is 0 Å². The van der Waals surface area contributed by atoms with Crippen molar-refractivity contribution in [2.75, 3.05) is 13.1 Å². The molecule has 1 aromatic rings. The second-order valence-corrected chi connectivity index (χ2v) is 6.42. The Balaban J connectivity index is 1.43. The van der Waals surface area contributed by atoms with Crippen LogP contribution in [0.15, 0.2) is 4.52 Å². The molecule has 0 bridgehead atoms. The predicted molar refractivity (Wildman–Crippen MR) is 82.5 cm³/mol. The van der Waals surface area contributed by atoms with Crippen molar-refractivity contribution >= 4 is 11.8 Å². The van der Waals surface area contributed by atoms with Gasteiger partial charge in [0.1, 0.15) is 0 Å². The third-order valence-corrected chi connectivity index (χ3v) is 4.57. The number of rotatable bonds is 6. The van der Waals surface area contributed by atoms with E-state index in [0.29, 0.717) is 37.1 Å². The summed E-state index contributed by atoms with van der Waals surface area (Å²) in [6.45, 7) is 1.42. The number of amides is 2. The van der Waals surface area contributed by atoms with Gasteiger partial charge in [0.2, 0.25) is 17.7 Å². The summed E-state index contributed by atoms with van der Waals surface area (Å²) in [4.78, 5) is 29.6. The Kier molecular flexibility index (Phi) is 5.25. The fourth-order valence-electron chi connectivity index (χ4n) is 3.30. The third-order valence-electron chi connectivity index (χ3n) is 4.57. The van der Waals surface area contributed by atoms with E-state index in [2.05, 4.69) is 15.5 Å². The Morgan fingerprint density at radius 3 is 2.83 bits per heavy atom. The van der Waals surface area contributed by atoms with Gasteiger partial charge in [-0.1, -0.05) is 24.4 Å². The third kappa shape index (κ3) is 4.53. The molecular weight excluding hydrogens is 296 g/mol. The van der Waals surface area contributed by atoms with Crippen LogP contribution in [-0.2, 0) is 22.4 Å². The van der Waals surface area contributed by atoms with Crippen LogP contribution in [0.3, 0.4) is 0 Å². The van der Waals surface area contributed by atoms with Crippen molar-refractivity contribution < 1.29 is 14.1 Å². The van der Waals surface area contributed by atoms with Gasteiger partial charge < -0.3 is 14.7 Å². The molecule has 0 atom stereocenters. The van der Waals surface area contributed by atoms with Crippen LogP contribution in [0.2, 0.25) is 0 Å². The molecule has 3 rings (SSSR count). The molecule has 0 radical (unpaired) electrons. The molecule has 7 nitrogen and oxygen atoms in total. The van der Waals surface area contributed by atoms with E-state index in [1.165, 1.54) is 19.3 Å². The van der Waals surface area contributed by atoms with Gasteiger partial charge in [0.05, 0.1) is 6.42 Å². The van der Waals surface area contributed by atoms with Gasteiger partial charge in [0.25, 0.3) is 0 Å². The molecule has 1 aliphatic heterocycles. The smallest absolute Gasteiger partial charge is 0.228 e. The van der Waals surface area contributed by atoms with E-state index in [0.717, 1.165) is 25.8 Å². The number of aromatic nitrogens is 2. The summed E-state index contributed by atoms with van der Waals surface area (Å²) in [5.74, 6) is 1.06. The first-order chi connectivity index (χ1) is 11.2. The summed E-state index contributed by atoms with van der Waals surface area (Å²) in [6, 6.07) is 0.295. The standard InChI is InChI=1S/C16H24N4O3/c21-14(17-12-5-2-1-3-6-12)11-13-18-15(23-19-13)8-10-20-9-4-7-16(20)22/h12H,1-11H2,(H,17,21). The minimum absolute atomic E-state index is 0.0426. The maximum absolute atomic E-state index is 12.0. The van der Waals surface area contributed by atoms with Gasteiger partial charge in [0.15, 0.2) is 5.82 Å². The number of carbonyl (C=O) groups excluding carboxylic acids is 2. The highest BCUT2D eigenvalue weighted by molar-refractivity contribution is 5.78. The molecule has 1 N–H and O–H groups in total. The van der Waals surface area contributed by atoms with E-state index in [1.54, 1.807) is 0 Å². The highest BCUT2D eigenvalue weighted by Crippen LogP contribution is 2.17. The van der Waals surface area contributed by atoms with Crippen molar-refractivity contribution in [2.24, 2.45) is 0 Å². The van der Waals surface area contributed by atoms with Gasteiger partial charge in [-0.05, 0) is 19.3 Å². The van der Waals surface area contributed by atoms with Crippen LogP contribution in [0.25, 0.3) is 0 Å². The molecule has 0 unspecified atom stereocenters. The Morgan fingerprint density at radius 2 is 2.09 bits per heavy atom. The van der Waals surface area contributed by atoms with Crippen LogP contribution < -0.4 is 5.32 Å². The molecule has 126 valence electrons. The quantitative estimate of drug-likeness (QED) is 0.851. The van der Waals surface area contributed by atoms with Crippen molar-refractivity contribution in [1.29, 1.82) is 0 Å². The number of nitrogens with one attached hydrogen (secondary N) is 1. The molecule has 2 aliphatic rings. The summed E-state index contributed by atoms with van der Waals surface area (Å²) in [7, 11) is 0. The summed E-state index contributed by atoms with van der Waals surface area (Å²) in [5.41, 5.74) is 0. The second-order valence-electron chi connectivity index (χ2n) is 6.42. The molecule has 1 aliphatic carbocycles. The lowest BCUT2D eigenvalue weighted by Gasteiger charge is -2.22. The maximum atomic E-state index is 12.0. The molecule has 7 heteroatoms. The average Bonchev–Trinajstić information content (AvgIpc) is 3.15. The molecule has 2 heterocycles.